The average Bonchev–Trinajstić information content (AvgIpc) is 2.79. The molecule has 3 amide bonds. The highest BCUT2D eigenvalue weighted by Crippen LogP contribution is 2.26. The second-order valence-corrected chi connectivity index (χ2v) is 9.27. The third-order valence-electron chi connectivity index (χ3n) is 6.10. The highest BCUT2D eigenvalue weighted by molar-refractivity contribution is 6.30. The molecule has 2 aromatic carbocycles. The van der Waals surface area contributed by atoms with Gasteiger partial charge in [0.2, 0.25) is 0 Å². The third-order valence-corrected chi connectivity index (χ3v) is 6.33. The van der Waals surface area contributed by atoms with E-state index in [1.807, 2.05) is 0 Å². The Balaban J connectivity index is 1.85. The summed E-state index contributed by atoms with van der Waals surface area (Å²) in [6, 6.07) is 11.6. The molecule has 0 radical (unpaired) electrons. The van der Waals surface area contributed by atoms with Gasteiger partial charge in [0, 0.05) is 49.7 Å². The van der Waals surface area contributed by atoms with Gasteiger partial charge in [-0.25, -0.2) is 4.79 Å². The maximum Gasteiger partial charge on any atom is 0.323 e. The first-order chi connectivity index (χ1) is 16.2. The fraction of sp³-hybridized carbons (Fsp3) is 0.440. The number of hydrogen-bond donors (Lipinski definition) is 2. The summed E-state index contributed by atoms with van der Waals surface area (Å²) in [7, 11) is 5.48. The fourth-order valence-electron chi connectivity index (χ4n) is 3.90. The zero-order valence-electron chi connectivity index (χ0n) is 20.3. The van der Waals surface area contributed by atoms with Gasteiger partial charge in [0.15, 0.2) is 0 Å². The van der Waals surface area contributed by atoms with Crippen LogP contribution in [0, 0.1) is 5.92 Å². The SMILES string of the molecule is CO[C@H]1CN(C)C(=O)c2cc(NC(=O)Nc3cccc(Cl)c3)ccc2OC[C@@H](C)N(C)C[C@@H]1C. The van der Waals surface area contributed by atoms with Crippen LogP contribution in [0.1, 0.15) is 24.2 Å². The third kappa shape index (κ3) is 6.62. The predicted molar refractivity (Wildman–Crippen MR) is 135 cm³/mol. The highest BCUT2D eigenvalue weighted by atomic mass is 35.5. The minimum Gasteiger partial charge on any atom is -0.491 e. The number of carbonyl (C=O) groups excluding carboxylic acids is 2. The topological polar surface area (TPSA) is 83.1 Å². The molecule has 3 atom stereocenters. The quantitative estimate of drug-likeness (QED) is 0.668. The molecule has 0 saturated carbocycles. The maximum absolute atomic E-state index is 13.4. The molecule has 0 aromatic heterocycles. The number of methoxy groups -OCH3 is 1. The van der Waals surface area contributed by atoms with Crippen molar-refractivity contribution in [2.24, 2.45) is 5.92 Å². The normalized spacial score (nSPS) is 22.1. The molecular weight excluding hydrogens is 456 g/mol. The number of ether oxygens (including phenoxy) is 2. The van der Waals surface area contributed by atoms with Crippen LogP contribution in [0.5, 0.6) is 5.75 Å². The Morgan fingerprint density at radius 3 is 2.47 bits per heavy atom. The summed E-state index contributed by atoms with van der Waals surface area (Å²) in [6.45, 7) is 5.89. The monoisotopic (exact) mass is 488 g/mol. The first-order valence-corrected chi connectivity index (χ1v) is 11.6. The van der Waals surface area contributed by atoms with E-state index in [2.05, 4.69) is 36.4 Å². The van der Waals surface area contributed by atoms with Gasteiger partial charge in [-0.3, -0.25) is 9.69 Å². The minimum absolute atomic E-state index is 0.114. The lowest BCUT2D eigenvalue weighted by Gasteiger charge is -2.34. The number of likely N-dealkylation sites (N-methyl/N-ethyl adjacent to an activating group) is 2. The fourth-order valence-corrected chi connectivity index (χ4v) is 4.09. The maximum atomic E-state index is 13.4. The summed E-state index contributed by atoms with van der Waals surface area (Å²) in [5.41, 5.74) is 1.41. The van der Waals surface area contributed by atoms with Crippen molar-refractivity contribution < 1.29 is 19.1 Å². The lowest BCUT2D eigenvalue weighted by atomic mass is 10.0. The molecule has 8 nitrogen and oxygen atoms in total. The lowest BCUT2D eigenvalue weighted by Crippen LogP contribution is -2.45. The van der Waals surface area contributed by atoms with Crippen molar-refractivity contribution in [3.63, 3.8) is 0 Å². The van der Waals surface area contributed by atoms with E-state index in [1.165, 1.54) is 0 Å². The van der Waals surface area contributed by atoms with Gasteiger partial charge < -0.3 is 25.0 Å². The number of fused-ring (bicyclic) bond motifs is 1. The summed E-state index contributed by atoms with van der Waals surface area (Å²) < 4.78 is 11.8. The molecule has 34 heavy (non-hydrogen) atoms. The van der Waals surface area contributed by atoms with Gasteiger partial charge in [0.25, 0.3) is 5.91 Å². The van der Waals surface area contributed by atoms with Crippen LogP contribution >= 0.6 is 11.6 Å². The molecule has 2 aromatic rings. The Morgan fingerprint density at radius 1 is 1.09 bits per heavy atom. The Bertz CT molecular complexity index is 1020. The van der Waals surface area contributed by atoms with Crippen molar-refractivity contribution in [2.75, 3.05) is 51.5 Å². The number of nitrogens with one attached hydrogen (secondary N) is 2. The number of urea groups is 1. The van der Waals surface area contributed by atoms with E-state index >= 15 is 0 Å². The van der Waals surface area contributed by atoms with E-state index in [0.717, 1.165) is 6.54 Å². The van der Waals surface area contributed by atoms with Gasteiger partial charge in [-0.1, -0.05) is 24.6 Å². The zero-order valence-corrected chi connectivity index (χ0v) is 21.1. The van der Waals surface area contributed by atoms with Gasteiger partial charge in [-0.05, 0) is 56.3 Å². The number of amides is 3. The Hall–Kier alpha value is -2.81. The average molecular weight is 489 g/mol. The number of carbonyl (C=O) groups is 2. The standard InChI is InChI=1S/C25H33ClN4O4/c1-16-13-29(3)17(2)15-34-22-10-9-20(12-21(22)24(31)30(4)14-23(16)33-5)28-25(32)27-19-8-6-7-18(26)11-19/h6-12,16-17,23H,13-15H2,1-5H3,(H2,27,28,32)/t16-,17+,23-/m0/s1. The summed E-state index contributed by atoms with van der Waals surface area (Å²) in [5, 5.41) is 6.03. The second-order valence-electron chi connectivity index (χ2n) is 8.84. The number of nitrogens with zero attached hydrogens (tertiary/aromatic N) is 2. The van der Waals surface area contributed by atoms with Crippen molar-refractivity contribution in [3.05, 3.63) is 53.1 Å². The van der Waals surface area contributed by atoms with Crippen LogP contribution in [-0.2, 0) is 4.74 Å². The van der Waals surface area contributed by atoms with Crippen LogP contribution in [-0.4, -0.2) is 74.8 Å². The first kappa shape index (κ1) is 25.8. The van der Waals surface area contributed by atoms with Crippen LogP contribution in [0.15, 0.2) is 42.5 Å². The molecule has 9 heteroatoms. The van der Waals surface area contributed by atoms with E-state index in [9.17, 15) is 9.59 Å². The van der Waals surface area contributed by atoms with E-state index in [1.54, 1.807) is 61.5 Å². The van der Waals surface area contributed by atoms with Crippen LogP contribution in [0.25, 0.3) is 0 Å². The molecule has 1 aliphatic heterocycles. The van der Waals surface area contributed by atoms with Gasteiger partial charge >= 0.3 is 6.03 Å². The zero-order chi connectivity index (χ0) is 24.8. The Morgan fingerprint density at radius 2 is 1.79 bits per heavy atom. The van der Waals surface area contributed by atoms with E-state index in [4.69, 9.17) is 21.1 Å². The van der Waals surface area contributed by atoms with Gasteiger partial charge in [-0.15, -0.1) is 0 Å². The molecule has 0 bridgehead atoms. The van der Waals surface area contributed by atoms with Crippen molar-refractivity contribution in [1.82, 2.24) is 9.80 Å². The van der Waals surface area contributed by atoms with Crippen molar-refractivity contribution in [2.45, 2.75) is 26.0 Å². The smallest absolute Gasteiger partial charge is 0.323 e. The van der Waals surface area contributed by atoms with E-state index in [0.29, 0.717) is 40.9 Å². The molecule has 0 saturated heterocycles. The van der Waals surface area contributed by atoms with E-state index < -0.39 is 6.03 Å². The van der Waals surface area contributed by atoms with Crippen molar-refractivity contribution in [1.29, 1.82) is 0 Å². The molecule has 0 fully saturated rings. The van der Waals surface area contributed by atoms with Crippen molar-refractivity contribution in [3.8, 4) is 5.75 Å². The number of rotatable bonds is 3. The first-order valence-electron chi connectivity index (χ1n) is 11.3. The van der Waals surface area contributed by atoms with Crippen LogP contribution in [0.2, 0.25) is 5.02 Å². The molecular formula is C25H33ClN4O4. The lowest BCUT2D eigenvalue weighted by molar-refractivity contribution is 0.0150. The Labute approximate surface area is 206 Å². The van der Waals surface area contributed by atoms with Crippen molar-refractivity contribution >= 4 is 34.9 Å². The van der Waals surface area contributed by atoms with Gasteiger partial charge in [-0.2, -0.15) is 0 Å². The molecule has 0 spiro atoms. The summed E-state index contributed by atoms with van der Waals surface area (Å²) >= 11 is 5.98. The number of anilines is 2. The molecule has 1 heterocycles. The predicted octanol–water partition coefficient (Wildman–Crippen LogP) is 4.42. The minimum atomic E-state index is -0.444. The molecule has 184 valence electrons. The summed E-state index contributed by atoms with van der Waals surface area (Å²) in [5.74, 6) is 0.486. The summed E-state index contributed by atoms with van der Waals surface area (Å²) in [6.07, 6.45) is -0.114. The van der Waals surface area contributed by atoms with Crippen LogP contribution < -0.4 is 15.4 Å². The van der Waals surface area contributed by atoms with Crippen LogP contribution in [0.4, 0.5) is 16.2 Å². The Kier molecular flexibility index (Phi) is 8.77. The van der Waals surface area contributed by atoms with Gasteiger partial charge in [0.1, 0.15) is 12.4 Å². The highest BCUT2D eigenvalue weighted by Gasteiger charge is 2.27. The number of benzene rings is 2. The van der Waals surface area contributed by atoms with E-state index in [-0.39, 0.29) is 24.0 Å². The van der Waals surface area contributed by atoms with Gasteiger partial charge in [0.05, 0.1) is 11.7 Å². The largest absolute Gasteiger partial charge is 0.491 e. The molecule has 3 rings (SSSR count). The molecule has 2 N–H and O–H groups in total. The number of halogens is 1. The number of hydrogen-bond acceptors (Lipinski definition) is 5. The summed E-state index contributed by atoms with van der Waals surface area (Å²) in [4.78, 5) is 29.7. The van der Waals surface area contributed by atoms with Crippen LogP contribution in [0.3, 0.4) is 0 Å². The molecule has 0 aliphatic carbocycles. The second kappa shape index (κ2) is 11.6. The molecule has 0 unspecified atom stereocenters. The molecule has 1 aliphatic rings.